The van der Waals surface area contributed by atoms with Crippen LogP contribution < -0.4 is 4.74 Å². The average Bonchev–Trinajstić information content (AvgIpc) is 2.94. The lowest BCUT2D eigenvalue weighted by Gasteiger charge is -2.29. The molecule has 3 rings (SSSR count). The molecule has 1 saturated carbocycles. The van der Waals surface area contributed by atoms with Crippen molar-refractivity contribution in [3.05, 3.63) is 53.1 Å². The summed E-state index contributed by atoms with van der Waals surface area (Å²) in [6, 6.07) is 16.9. The summed E-state index contributed by atoms with van der Waals surface area (Å²) in [5.41, 5.74) is 3.97. The maximum atomic E-state index is 10.1. The van der Waals surface area contributed by atoms with Crippen LogP contribution in [0.5, 0.6) is 5.75 Å². The minimum absolute atomic E-state index is 0.389. The van der Waals surface area contributed by atoms with Crippen molar-refractivity contribution in [1.29, 1.82) is 10.5 Å². The first-order chi connectivity index (χ1) is 18.2. The monoisotopic (exact) mass is 498 g/mol. The van der Waals surface area contributed by atoms with Gasteiger partial charge in [-0.1, -0.05) is 102 Å². The second kappa shape index (κ2) is 16.1. The summed E-state index contributed by atoms with van der Waals surface area (Å²) in [5, 5.41) is 20.1. The molecule has 0 spiro atoms. The third-order valence-electron chi connectivity index (χ3n) is 8.15. The zero-order valence-electron chi connectivity index (χ0n) is 23.2. The highest BCUT2D eigenvalue weighted by Crippen LogP contribution is 2.41. The van der Waals surface area contributed by atoms with E-state index in [1.165, 1.54) is 77.0 Å². The van der Waals surface area contributed by atoms with Crippen molar-refractivity contribution in [2.75, 3.05) is 6.61 Å². The van der Waals surface area contributed by atoms with Gasteiger partial charge in [0.05, 0.1) is 17.7 Å². The Labute approximate surface area is 225 Å². The molecule has 0 aliphatic heterocycles. The summed E-state index contributed by atoms with van der Waals surface area (Å²) in [5.74, 6) is 2.08. The summed E-state index contributed by atoms with van der Waals surface area (Å²) >= 11 is 0. The molecule has 2 aromatic rings. The van der Waals surface area contributed by atoms with Gasteiger partial charge < -0.3 is 4.74 Å². The molecule has 37 heavy (non-hydrogen) atoms. The van der Waals surface area contributed by atoms with Gasteiger partial charge in [-0.15, -0.1) is 0 Å². The molecule has 1 aliphatic carbocycles. The third kappa shape index (κ3) is 8.64. The van der Waals surface area contributed by atoms with Crippen LogP contribution in [0.3, 0.4) is 0 Å². The molecule has 0 aromatic heterocycles. The van der Waals surface area contributed by atoms with Gasteiger partial charge in [0.2, 0.25) is 0 Å². The number of ether oxygens (including phenoxy) is 1. The summed E-state index contributed by atoms with van der Waals surface area (Å²) in [6.45, 7) is 5.23. The van der Waals surface area contributed by atoms with Crippen LogP contribution in [0.1, 0.15) is 133 Å². The van der Waals surface area contributed by atoms with Crippen molar-refractivity contribution < 1.29 is 4.74 Å². The molecule has 0 radical (unpaired) electrons. The average molecular weight is 499 g/mol. The predicted molar refractivity (Wildman–Crippen MR) is 154 cm³/mol. The smallest absolute Gasteiger partial charge is 0.119 e. The lowest BCUT2D eigenvalue weighted by atomic mass is 9.75. The third-order valence-corrected chi connectivity index (χ3v) is 8.15. The van der Waals surface area contributed by atoms with E-state index in [0.29, 0.717) is 17.0 Å². The Bertz CT molecular complexity index is 1020. The zero-order valence-corrected chi connectivity index (χ0v) is 23.2. The predicted octanol–water partition coefficient (Wildman–Crippen LogP) is 10.1. The molecule has 0 heterocycles. The van der Waals surface area contributed by atoms with Crippen molar-refractivity contribution in [2.24, 2.45) is 5.92 Å². The maximum Gasteiger partial charge on any atom is 0.119 e. The minimum Gasteiger partial charge on any atom is -0.494 e. The van der Waals surface area contributed by atoms with E-state index in [1.807, 2.05) is 24.3 Å². The second-order valence-corrected chi connectivity index (χ2v) is 10.9. The van der Waals surface area contributed by atoms with Crippen LogP contribution in [0.25, 0.3) is 11.1 Å². The van der Waals surface area contributed by atoms with E-state index in [9.17, 15) is 10.5 Å². The Morgan fingerprint density at radius 1 is 0.703 bits per heavy atom. The van der Waals surface area contributed by atoms with Crippen LogP contribution in [0.4, 0.5) is 0 Å². The Hall–Kier alpha value is -2.78. The van der Waals surface area contributed by atoms with Crippen LogP contribution in [0, 0.1) is 28.6 Å². The van der Waals surface area contributed by atoms with E-state index in [0.717, 1.165) is 54.2 Å². The molecule has 2 aromatic carbocycles. The molecule has 198 valence electrons. The number of nitriles is 2. The summed E-state index contributed by atoms with van der Waals surface area (Å²) in [6.07, 6.45) is 18.9. The van der Waals surface area contributed by atoms with Gasteiger partial charge in [0.15, 0.2) is 0 Å². The SMILES string of the molecule is CCCCCCCOc1ccc(-c2ccc(C3CCC(CCCCCCC)CC3)c(C#N)c2C#N)cc1. The Morgan fingerprint density at radius 2 is 1.32 bits per heavy atom. The highest BCUT2D eigenvalue weighted by molar-refractivity contribution is 5.75. The molecule has 0 amide bonds. The number of hydrogen-bond acceptors (Lipinski definition) is 3. The highest BCUT2D eigenvalue weighted by atomic mass is 16.5. The molecule has 0 saturated heterocycles. The van der Waals surface area contributed by atoms with Crippen molar-refractivity contribution >= 4 is 0 Å². The summed E-state index contributed by atoms with van der Waals surface area (Å²) in [7, 11) is 0. The van der Waals surface area contributed by atoms with Gasteiger partial charge in [0.25, 0.3) is 0 Å². The Balaban J connectivity index is 1.61. The van der Waals surface area contributed by atoms with E-state index in [2.05, 4.69) is 38.1 Å². The largest absolute Gasteiger partial charge is 0.494 e. The van der Waals surface area contributed by atoms with E-state index < -0.39 is 0 Å². The fourth-order valence-electron chi connectivity index (χ4n) is 5.86. The van der Waals surface area contributed by atoms with Crippen molar-refractivity contribution in [1.82, 2.24) is 0 Å². The van der Waals surface area contributed by atoms with Gasteiger partial charge >= 0.3 is 0 Å². The van der Waals surface area contributed by atoms with Crippen LogP contribution in [-0.2, 0) is 0 Å². The number of unbranched alkanes of at least 4 members (excludes halogenated alkanes) is 8. The van der Waals surface area contributed by atoms with E-state index in [4.69, 9.17) is 4.74 Å². The minimum atomic E-state index is 0.389. The number of hydrogen-bond donors (Lipinski definition) is 0. The quantitative estimate of drug-likeness (QED) is 0.229. The number of nitrogens with zero attached hydrogens (tertiary/aromatic N) is 2. The maximum absolute atomic E-state index is 10.1. The first-order valence-electron chi connectivity index (χ1n) is 14.9. The first kappa shape index (κ1) is 28.8. The number of benzene rings is 2. The topological polar surface area (TPSA) is 56.8 Å². The van der Waals surface area contributed by atoms with Gasteiger partial charge in [0.1, 0.15) is 17.9 Å². The Kier molecular flexibility index (Phi) is 12.6. The lowest BCUT2D eigenvalue weighted by molar-refractivity contribution is 0.301. The molecule has 0 unspecified atom stereocenters. The van der Waals surface area contributed by atoms with Crippen molar-refractivity contribution in [2.45, 2.75) is 116 Å². The molecule has 3 nitrogen and oxygen atoms in total. The fourth-order valence-corrected chi connectivity index (χ4v) is 5.86. The lowest BCUT2D eigenvalue weighted by Crippen LogP contribution is -2.15. The van der Waals surface area contributed by atoms with E-state index in [-0.39, 0.29) is 0 Å². The van der Waals surface area contributed by atoms with E-state index >= 15 is 0 Å². The van der Waals surface area contributed by atoms with Crippen molar-refractivity contribution in [3.8, 4) is 29.0 Å². The van der Waals surface area contributed by atoms with Gasteiger partial charge in [-0.2, -0.15) is 10.5 Å². The van der Waals surface area contributed by atoms with Crippen LogP contribution in [0.2, 0.25) is 0 Å². The van der Waals surface area contributed by atoms with Gasteiger partial charge in [-0.25, -0.2) is 0 Å². The molecule has 0 atom stereocenters. The molecular formula is C34H46N2O. The summed E-state index contributed by atoms with van der Waals surface area (Å²) < 4.78 is 5.91. The molecule has 0 bridgehead atoms. The van der Waals surface area contributed by atoms with Gasteiger partial charge in [0, 0.05) is 5.56 Å². The molecule has 1 aliphatic rings. The van der Waals surface area contributed by atoms with Crippen molar-refractivity contribution in [3.63, 3.8) is 0 Å². The Morgan fingerprint density at radius 3 is 1.95 bits per heavy atom. The normalized spacial score (nSPS) is 17.2. The van der Waals surface area contributed by atoms with Gasteiger partial charge in [-0.05, 0) is 67.2 Å². The molecular weight excluding hydrogens is 452 g/mol. The highest BCUT2D eigenvalue weighted by Gasteiger charge is 2.26. The van der Waals surface area contributed by atoms with Crippen LogP contribution >= 0.6 is 0 Å². The van der Waals surface area contributed by atoms with Gasteiger partial charge in [-0.3, -0.25) is 0 Å². The first-order valence-corrected chi connectivity index (χ1v) is 14.9. The molecule has 3 heteroatoms. The fraction of sp³-hybridized carbons (Fsp3) is 0.588. The molecule has 1 fully saturated rings. The van der Waals surface area contributed by atoms with Crippen LogP contribution in [0.15, 0.2) is 36.4 Å². The van der Waals surface area contributed by atoms with Crippen LogP contribution in [-0.4, -0.2) is 6.61 Å². The second-order valence-electron chi connectivity index (χ2n) is 10.9. The van der Waals surface area contributed by atoms with E-state index in [1.54, 1.807) is 0 Å². The molecule has 0 N–H and O–H groups in total. The zero-order chi connectivity index (χ0) is 26.3. The number of rotatable bonds is 15. The standard InChI is InChI=1S/C34H46N2O/c1-3-5-7-9-11-13-27-14-16-28(17-15-27)31-22-23-32(34(26-36)33(31)25-35)29-18-20-30(21-19-29)37-24-12-10-8-6-4-2/h18-23,27-28H,3-17,24H2,1-2H3. The summed E-state index contributed by atoms with van der Waals surface area (Å²) in [4.78, 5) is 0.